The summed E-state index contributed by atoms with van der Waals surface area (Å²) in [5, 5.41) is 2.97. The topological polar surface area (TPSA) is 75.2 Å². The van der Waals surface area contributed by atoms with Gasteiger partial charge in [0.05, 0.1) is 11.3 Å². The van der Waals surface area contributed by atoms with Gasteiger partial charge in [0.15, 0.2) is 0 Å². The van der Waals surface area contributed by atoms with Crippen LogP contribution in [0.2, 0.25) is 0 Å². The minimum Gasteiger partial charge on any atom is -0.352 e. The molecular weight excluding hydrogens is 316 g/mol. The Labute approximate surface area is 147 Å². The van der Waals surface area contributed by atoms with Crippen LogP contribution in [0.1, 0.15) is 29.3 Å². The Morgan fingerprint density at radius 3 is 2.52 bits per heavy atom. The fourth-order valence-corrected chi connectivity index (χ4v) is 2.75. The number of amides is 2. The van der Waals surface area contributed by atoms with E-state index in [1.54, 1.807) is 14.1 Å². The van der Waals surface area contributed by atoms with Crippen LogP contribution in [0.15, 0.2) is 36.8 Å². The Balaban J connectivity index is 1.72. The summed E-state index contributed by atoms with van der Waals surface area (Å²) in [5.41, 5.74) is 2.94. The van der Waals surface area contributed by atoms with Gasteiger partial charge in [-0.15, -0.1) is 0 Å². The third-order valence-electron chi connectivity index (χ3n) is 4.49. The van der Waals surface area contributed by atoms with E-state index in [9.17, 15) is 9.59 Å². The molecule has 1 aliphatic carbocycles. The third-order valence-corrected chi connectivity index (χ3v) is 4.49. The van der Waals surface area contributed by atoms with Crippen LogP contribution in [0.5, 0.6) is 0 Å². The molecule has 1 saturated carbocycles. The Morgan fingerprint density at radius 1 is 1.24 bits per heavy atom. The molecule has 0 spiro atoms. The Bertz CT molecular complexity index is 786. The molecule has 1 fully saturated rings. The van der Waals surface area contributed by atoms with E-state index in [1.807, 2.05) is 24.3 Å². The molecule has 3 rings (SSSR count). The quantitative estimate of drug-likeness (QED) is 0.906. The maximum atomic E-state index is 12.3. The molecule has 0 bridgehead atoms. The number of hydrogen-bond acceptors (Lipinski definition) is 4. The second-order valence-electron chi connectivity index (χ2n) is 6.72. The van der Waals surface area contributed by atoms with Crippen LogP contribution < -0.4 is 5.32 Å². The maximum absolute atomic E-state index is 12.3. The van der Waals surface area contributed by atoms with E-state index in [2.05, 4.69) is 22.2 Å². The van der Waals surface area contributed by atoms with Gasteiger partial charge in [0, 0.05) is 38.3 Å². The van der Waals surface area contributed by atoms with Crippen molar-refractivity contribution in [1.82, 2.24) is 20.2 Å². The lowest BCUT2D eigenvalue weighted by Crippen LogP contribution is -2.24. The van der Waals surface area contributed by atoms with Crippen molar-refractivity contribution in [3.63, 3.8) is 0 Å². The number of benzene rings is 1. The zero-order chi connectivity index (χ0) is 18.0. The van der Waals surface area contributed by atoms with Gasteiger partial charge in [0.1, 0.15) is 6.33 Å². The molecule has 130 valence electrons. The first-order chi connectivity index (χ1) is 12.0. The van der Waals surface area contributed by atoms with Crippen molar-refractivity contribution in [2.75, 3.05) is 14.1 Å². The summed E-state index contributed by atoms with van der Waals surface area (Å²) in [6.07, 6.45) is 3.96. The van der Waals surface area contributed by atoms with Crippen LogP contribution in [-0.4, -0.2) is 40.8 Å². The zero-order valence-electron chi connectivity index (χ0n) is 14.7. The number of nitrogens with one attached hydrogen (secondary N) is 1. The Morgan fingerprint density at radius 2 is 1.92 bits per heavy atom. The van der Waals surface area contributed by atoms with Crippen LogP contribution in [0, 0.1) is 11.8 Å². The average Bonchev–Trinajstić information content (AvgIpc) is 3.36. The summed E-state index contributed by atoms with van der Waals surface area (Å²) in [5.74, 6) is 0.685. The number of carbonyl (C=O) groups is 2. The van der Waals surface area contributed by atoms with Gasteiger partial charge in [0.25, 0.3) is 5.91 Å². The minimum atomic E-state index is -0.134. The van der Waals surface area contributed by atoms with Gasteiger partial charge in [-0.05, 0) is 17.9 Å². The first-order valence-corrected chi connectivity index (χ1v) is 8.36. The highest BCUT2D eigenvalue weighted by atomic mass is 16.2. The van der Waals surface area contributed by atoms with E-state index in [0.29, 0.717) is 23.7 Å². The van der Waals surface area contributed by atoms with Crippen LogP contribution in [0.3, 0.4) is 0 Å². The SMILES string of the molecule is C[C@H]1C[C@@H]1C(=O)NCc1ccc(-c2ncncc2C(=O)N(C)C)cc1. The van der Waals surface area contributed by atoms with Gasteiger partial charge in [0.2, 0.25) is 5.91 Å². The van der Waals surface area contributed by atoms with Gasteiger partial charge < -0.3 is 10.2 Å². The molecule has 25 heavy (non-hydrogen) atoms. The fourth-order valence-electron chi connectivity index (χ4n) is 2.75. The van der Waals surface area contributed by atoms with Crippen LogP contribution in [0.25, 0.3) is 11.3 Å². The third kappa shape index (κ3) is 3.84. The summed E-state index contributed by atoms with van der Waals surface area (Å²) < 4.78 is 0. The van der Waals surface area contributed by atoms with Crippen molar-refractivity contribution in [2.24, 2.45) is 11.8 Å². The minimum absolute atomic E-state index is 0.131. The summed E-state index contributed by atoms with van der Waals surface area (Å²) in [6, 6.07) is 7.71. The number of rotatable bonds is 5. The molecule has 1 aromatic heterocycles. The van der Waals surface area contributed by atoms with E-state index in [0.717, 1.165) is 17.5 Å². The van der Waals surface area contributed by atoms with Gasteiger partial charge >= 0.3 is 0 Å². The molecule has 1 N–H and O–H groups in total. The first kappa shape index (κ1) is 17.1. The summed E-state index contributed by atoms with van der Waals surface area (Å²) in [7, 11) is 3.40. The molecule has 1 aliphatic rings. The number of hydrogen-bond donors (Lipinski definition) is 1. The molecule has 6 heteroatoms. The Kier molecular flexibility index (Phi) is 4.79. The predicted molar refractivity (Wildman–Crippen MR) is 94.6 cm³/mol. The van der Waals surface area contributed by atoms with E-state index >= 15 is 0 Å². The summed E-state index contributed by atoms with van der Waals surface area (Å²) in [4.78, 5) is 33.9. The fraction of sp³-hybridized carbons (Fsp3) is 0.368. The molecule has 0 unspecified atom stereocenters. The largest absolute Gasteiger partial charge is 0.352 e. The molecule has 0 saturated heterocycles. The normalized spacial score (nSPS) is 18.5. The van der Waals surface area contributed by atoms with Crippen molar-refractivity contribution in [1.29, 1.82) is 0 Å². The Hall–Kier alpha value is -2.76. The smallest absolute Gasteiger partial charge is 0.257 e. The first-order valence-electron chi connectivity index (χ1n) is 8.36. The van der Waals surface area contributed by atoms with Gasteiger partial charge in [-0.3, -0.25) is 9.59 Å². The van der Waals surface area contributed by atoms with Crippen molar-refractivity contribution < 1.29 is 9.59 Å². The van der Waals surface area contributed by atoms with Crippen molar-refractivity contribution in [3.05, 3.63) is 47.9 Å². The molecule has 1 aromatic carbocycles. The predicted octanol–water partition coefficient (Wildman–Crippen LogP) is 2.12. The standard InChI is InChI=1S/C19H22N4O2/c1-12-8-15(12)18(24)21-9-13-4-6-14(7-5-13)17-16(10-20-11-22-17)19(25)23(2)3/h4-7,10-12,15H,8-9H2,1-3H3,(H,21,24)/t12-,15-/m0/s1. The molecule has 2 aromatic rings. The van der Waals surface area contributed by atoms with Crippen molar-refractivity contribution >= 4 is 11.8 Å². The van der Waals surface area contributed by atoms with Crippen molar-refractivity contribution in [2.45, 2.75) is 19.9 Å². The van der Waals surface area contributed by atoms with Crippen molar-refractivity contribution in [3.8, 4) is 11.3 Å². The highest BCUT2D eigenvalue weighted by molar-refractivity contribution is 5.99. The van der Waals surface area contributed by atoms with Crippen LogP contribution in [-0.2, 0) is 11.3 Å². The highest BCUT2D eigenvalue weighted by Gasteiger charge is 2.38. The van der Waals surface area contributed by atoms with E-state index in [1.165, 1.54) is 17.4 Å². The highest BCUT2D eigenvalue weighted by Crippen LogP contribution is 2.37. The number of carbonyl (C=O) groups excluding carboxylic acids is 2. The molecule has 0 aliphatic heterocycles. The molecule has 2 atom stereocenters. The van der Waals surface area contributed by atoms with E-state index in [-0.39, 0.29) is 17.7 Å². The second-order valence-corrected chi connectivity index (χ2v) is 6.72. The van der Waals surface area contributed by atoms with Gasteiger partial charge in [-0.25, -0.2) is 9.97 Å². The molecule has 0 radical (unpaired) electrons. The monoisotopic (exact) mass is 338 g/mol. The molecule has 6 nitrogen and oxygen atoms in total. The second kappa shape index (κ2) is 7.01. The summed E-state index contributed by atoms with van der Waals surface area (Å²) >= 11 is 0. The van der Waals surface area contributed by atoms with E-state index < -0.39 is 0 Å². The van der Waals surface area contributed by atoms with Crippen LogP contribution >= 0.6 is 0 Å². The zero-order valence-corrected chi connectivity index (χ0v) is 14.7. The van der Waals surface area contributed by atoms with Gasteiger partial charge in [-0.1, -0.05) is 31.2 Å². The van der Waals surface area contributed by atoms with Gasteiger partial charge in [-0.2, -0.15) is 0 Å². The van der Waals surface area contributed by atoms with Crippen LogP contribution in [0.4, 0.5) is 0 Å². The lowest BCUT2D eigenvalue weighted by Gasteiger charge is -2.13. The molecule has 1 heterocycles. The maximum Gasteiger partial charge on any atom is 0.257 e. The average molecular weight is 338 g/mol. The lowest BCUT2D eigenvalue weighted by atomic mass is 10.0. The molecule has 2 amide bonds. The summed E-state index contributed by atoms with van der Waals surface area (Å²) in [6.45, 7) is 2.60. The lowest BCUT2D eigenvalue weighted by molar-refractivity contribution is -0.122. The van der Waals surface area contributed by atoms with E-state index in [4.69, 9.17) is 0 Å². The molecular formula is C19H22N4O2. The number of aromatic nitrogens is 2. The number of nitrogens with zero attached hydrogens (tertiary/aromatic N) is 3.